The highest BCUT2D eigenvalue weighted by Crippen LogP contribution is 1.84. The van der Waals surface area contributed by atoms with Crippen LogP contribution in [-0.4, -0.2) is 26.3 Å². The van der Waals surface area contributed by atoms with Crippen LogP contribution in [0.1, 0.15) is 6.42 Å². The molecule has 0 radical (unpaired) electrons. The number of rotatable bonds is 5. The van der Waals surface area contributed by atoms with Gasteiger partial charge in [0.15, 0.2) is 0 Å². The third-order valence-corrected chi connectivity index (χ3v) is 0.904. The van der Waals surface area contributed by atoms with E-state index >= 15 is 0 Å². The van der Waals surface area contributed by atoms with E-state index in [-0.39, 0.29) is 5.97 Å². The zero-order chi connectivity index (χ0) is 7.82. The Morgan fingerprint density at radius 3 is 2.80 bits per heavy atom. The summed E-state index contributed by atoms with van der Waals surface area (Å²) >= 11 is 0. The lowest BCUT2D eigenvalue weighted by Gasteiger charge is -1.99. The molecule has 0 unspecified atom stereocenters. The quantitative estimate of drug-likeness (QED) is 0.324. The lowest BCUT2D eigenvalue weighted by atomic mass is 10.5. The van der Waals surface area contributed by atoms with E-state index in [1.165, 1.54) is 0 Å². The Hall–Kier alpha value is -0.830. The van der Waals surface area contributed by atoms with Gasteiger partial charge >= 0.3 is 5.97 Å². The Morgan fingerprint density at radius 2 is 2.30 bits per heavy atom. The van der Waals surface area contributed by atoms with Crippen LogP contribution >= 0.6 is 0 Å². The van der Waals surface area contributed by atoms with Crippen LogP contribution in [0.3, 0.4) is 0 Å². The Morgan fingerprint density at radius 1 is 1.60 bits per heavy atom. The molecule has 0 aliphatic carbocycles. The smallest absolute Gasteiger partial charge is 0.330 e. The molecule has 0 aromatic heterocycles. The van der Waals surface area contributed by atoms with Gasteiger partial charge in [-0.25, -0.2) is 4.79 Å². The summed E-state index contributed by atoms with van der Waals surface area (Å²) in [7, 11) is 1.61. The second-order valence-corrected chi connectivity index (χ2v) is 1.72. The number of hydrogen-bond acceptors (Lipinski definition) is 3. The maximum absolute atomic E-state index is 10.4. The number of esters is 1. The second kappa shape index (κ2) is 6.29. The summed E-state index contributed by atoms with van der Waals surface area (Å²) in [6.45, 7) is 4.27. The number of carbonyl (C=O) groups is 1. The Balaban J connectivity index is 3.03. The van der Waals surface area contributed by atoms with Crippen molar-refractivity contribution in [3.05, 3.63) is 12.7 Å². The summed E-state index contributed by atoms with van der Waals surface area (Å²) in [6.07, 6.45) is 1.88. The third-order valence-electron chi connectivity index (χ3n) is 0.904. The molecule has 0 N–H and O–H groups in total. The lowest BCUT2D eigenvalue weighted by molar-refractivity contribution is -0.138. The molecule has 0 saturated heterocycles. The average molecular weight is 144 g/mol. The van der Waals surface area contributed by atoms with Gasteiger partial charge in [-0.15, -0.1) is 0 Å². The van der Waals surface area contributed by atoms with Gasteiger partial charge in [-0.2, -0.15) is 0 Å². The molecule has 3 nitrogen and oxygen atoms in total. The maximum Gasteiger partial charge on any atom is 0.330 e. The van der Waals surface area contributed by atoms with Gasteiger partial charge in [0.05, 0.1) is 6.61 Å². The normalized spacial score (nSPS) is 8.90. The van der Waals surface area contributed by atoms with E-state index in [2.05, 4.69) is 11.3 Å². The van der Waals surface area contributed by atoms with Gasteiger partial charge in [-0.3, -0.25) is 0 Å². The monoisotopic (exact) mass is 144 g/mol. The fraction of sp³-hybridized carbons (Fsp3) is 0.571. The number of carbonyl (C=O) groups excluding carboxylic acids is 1. The van der Waals surface area contributed by atoms with Crippen LogP contribution in [0.15, 0.2) is 12.7 Å². The van der Waals surface area contributed by atoms with Crippen molar-refractivity contribution in [2.24, 2.45) is 0 Å². The van der Waals surface area contributed by atoms with Crippen molar-refractivity contribution < 1.29 is 14.3 Å². The number of hydrogen-bond donors (Lipinski definition) is 0. The number of ether oxygens (including phenoxy) is 2. The lowest BCUT2D eigenvalue weighted by Crippen LogP contribution is -2.03. The molecule has 3 heteroatoms. The Kier molecular flexibility index (Phi) is 5.77. The summed E-state index contributed by atoms with van der Waals surface area (Å²) in [6, 6.07) is 0. The minimum Gasteiger partial charge on any atom is -0.462 e. The van der Waals surface area contributed by atoms with E-state index in [4.69, 9.17) is 4.74 Å². The highest BCUT2D eigenvalue weighted by molar-refractivity contribution is 5.81. The summed E-state index contributed by atoms with van der Waals surface area (Å²) in [5.74, 6) is -0.379. The van der Waals surface area contributed by atoms with Gasteiger partial charge < -0.3 is 9.47 Å². The molecule has 0 heterocycles. The molecular weight excluding hydrogens is 132 g/mol. The van der Waals surface area contributed by atoms with Gasteiger partial charge in [0, 0.05) is 26.2 Å². The second-order valence-electron chi connectivity index (χ2n) is 1.72. The van der Waals surface area contributed by atoms with E-state index in [9.17, 15) is 4.79 Å². The highest BCUT2D eigenvalue weighted by Gasteiger charge is 1.92. The fourth-order valence-electron chi connectivity index (χ4n) is 0.435. The largest absolute Gasteiger partial charge is 0.462 e. The van der Waals surface area contributed by atoms with Crippen LogP contribution in [0.4, 0.5) is 0 Å². The summed E-state index contributed by atoms with van der Waals surface area (Å²) in [4.78, 5) is 10.4. The molecule has 0 amide bonds. The first-order valence-electron chi connectivity index (χ1n) is 3.09. The van der Waals surface area contributed by atoms with Crippen molar-refractivity contribution in [3.63, 3.8) is 0 Å². The zero-order valence-electron chi connectivity index (χ0n) is 6.13. The minimum atomic E-state index is -0.379. The van der Waals surface area contributed by atoms with E-state index in [0.29, 0.717) is 13.2 Å². The third kappa shape index (κ3) is 5.31. The van der Waals surface area contributed by atoms with E-state index in [0.717, 1.165) is 12.5 Å². The van der Waals surface area contributed by atoms with Crippen LogP contribution in [0.2, 0.25) is 0 Å². The molecule has 0 fully saturated rings. The zero-order valence-corrected chi connectivity index (χ0v) is 6.13. The first-order valence-corrected chi connectivity index (χ1v) is 3.09. The molecular formula is C7H12O3. The van der Waals surface area contributed by atoms with Gasteiger partial charge in [0.1, 0.15) is 0 Å². The first-order chi connectivity index (χ1) is 4.81. The molecule has 0 aromatic carbocycles. The molecule has 0 atom stereocenters. The summed E-state index contributed by atoms with van der Waals surface area (Å²) < 4.78 is 9.40. The van der Waals surface area contributed by atoms with Crippen LogP contribution < -0.4 is 0 Å². The molecule has 10 heavy (non-hydrogen) atoms. The van der Waals surface area contributed by atoms with Crippen molar-refractivity contribution in [3.8, 4) is 0 Å². The molecule has 0 aromatic rings. The molecule has 0 saturated carbocycles. The van der Waals surface area contributed by atoms with Gasteiger partial charge in [0.25, 0.3) is 0 Å². The predicted molar refractivity (Wildman–Crippen MR) is 37.6 cm³/mol. The van der Waals surface area contributed by atoms with Gasteiger partial charge in [0.2, 0.25) is 0 Å². The summed E-state index contributed by atoms with van der Waals surface area (Å²) in [5.41, 5.74) is 0. The van der Waals surface area contributed by atoms with Crippen molar-refractivity contribution in [1.29, 1.82) is 0 Å². The van der Waals surface area contributed by atoms with Crippen LogP contribution in [0.5, 0.6) is 0 Å². The topological polar surface area (TPSA) is 35.5 Å². The van der Waals surface area contributed by atoms with Crippen LogP contribution in [0, 0.1) is 0 Å². The van der Waals surface area contributed by atoms with Gasteiger partial charge in [-0.1, -0.05) is 6.58 Å². The van der Waals surface area contributed by atoms with Crippen molar-refractivity contribution in [1.82, 2.24) is 0 Å². The van der Waals surface area contributed by atoms with Gasteiger partial charge in [-0.05, 0) is 0 Å². The molecule has 0 bridgehead atoms. The first kappa shape index (κ1) is 9.17. The van der Waals surface area contributed by atoms with Crippen molar-refractivity contribution >= 4 is 5.97 Å². The van der Waals surface area contributed by atoms with Crippen LogP contribution in [-0.2, 0) is 14.3 Å². The minimum absolute atomic E-state index is 0.379. The molecule has 0 aliphatic heterocycles. The molecule has 58 valence electrons. The predicted octanol–water partition coefficient (Wildman–Crippen LogP) is 0.752. The standard InChI is InChI=1S/C7H12O3/c1-3-7(8)10-6-4-5-9-2/h3H,1,4-6H2,2H3. The van der Waals surface area contributed by atoms with Crippen molar-refractivity contribution in [2.45, 2.75) is 6.42 Å². The maximum atomic E-state index is 10.4. The number of methoxy groups -OCH3 is 1. The molecule has 0 rings (SSSR count). The highest BCUT2D eigenvalue weighted by atomic mass is 16.5. The van der Waals surface area contributed by atoms with E-state index < -0.39 is 0 Å². The Labute approximate surface area is 60.6 Å². The fourth-order valence-corrected chi connectivity index (χ4v) is 0.435. The van der Waals surface area contributed by atoms with E-state index in [1.54, 1.807) is 7.11 Å². The summed E-state index contributed by atoms with van der Waals surface area (Å²) in [5, 5.41) is 0. The van der Waals surface area contributed by atoms with Crippen LogP contribution in [0.25, 0.3) is 0 Å². The average Bonchev–Trinajstić information content (AvgIpc) is 1.98. The van der Waals surface area contributed by atoms with E-state index in [1.807, 2.05) is 0 Å². The SMILES string of the molecule is C=CC(=O)OCCCOC. The Bertz CT molecular complexity index is 109. The molecule has 0 spiro atoms. The van der Waals surface area contributed by atoms with Crippen molar-refractivity contribution in [2.75, 3.05) is 20.3 Å². The molecule has 0 aliphatic rings.